The highest BCUT2D eigenvalue weighted by Crippen LogP contribution is 2.34. The van der Waals surface area contributed by atoms with Crippen molar-refractivity contribution in [2.75, 3.05) is 18.0 Å². The molecular weight excluding hydrogens is 526 g/mol. The first-order valence-electron chi connectivity index (χ1n) is 9.89. The van der Waals surface area contributed by atoms with Crippen LogP contribution in [0.1, 0.15) is 24.1 Å². The maximum atomic E-state index is 14.1. The standard InChI is InChI=1S/C21H15ClF6N2O2S2/c22-13-2-1-10(8-14(13)23)7-11-9-33-21(29-11)30-5-3-12(4-6-30)34(31,32)20-18(27)16(25)15(24)17(26)19(20)28/h1-2,8-9,12H,3-7H2. The predicted octanol–water partition coefficient (Wildman–Crippen LogP) is 5.66. The van der Waals surface area contributed by atoms with Crippen molar-refractivity contribution in [2.24, 2.45) is 0 Å². The first kappa shape index (κ1) is 24.8. The summed E-state index contributed by atoms with van der Waals surface area (Å²) < 4.78 is 108. The number of halogens is 7. The van der Waals surface area contributed by atoms with Crippen LogP contribution >= 0.6 is 22.9 Å². The summed E-state index contributed by atoms with van der Waals surface area (Å²) in [6.07, 6.45) is 0.147. The van der Waals surface area contributed by atoms with Crippen molar-refractivity contribution in [3.63, 3.8) is 0 Å². The molecule has 0 spiro atoms. The van der Waals surface area contributed by atoms with Crippen LogP contribution in [0.15, 0.2) is 28.5 Å². The molecule has 182 valence electrons. The Labute approximate surface area is 199 Å². The summed E-state index contributed by atoms with van der Waals surface area (Å²) in [6.45, 7) is 0.281. The molecule has 4 rings (SSSR count). The molecule has 1 fully saturated rings. The molecule has 0 atom stereocenters. The van der Waals surface area contributed by atoms with Gasteiger partial charge in [-0.2, -0.15) is 0 Å². The minimum atomic E-state index is -4.82. The third kappa shape index (κ3) is 4.50. The fraction of sp³-hybridized carbons (Fsp3) is 0.286. The van der Waals surface area contributed by atoms with Crippen molar-refractivity contribution >= 4 is 37.9 Å². The molecule has 13 heteroatoms. The number of benzene rings is 2. The van der Waals surface area contributed by atoms with Crippen LogP contribution in [0.25, 0.3) is 0 Å². The van der Waals surface area contributed by atoms with Crippen LogP contribution < -0.4 is 4.90 Å². The van der Waals surface area contributed by atoms with Gasteiger partial charge in [0, 0.05) is 24.9 Å². The van der Waals surface area contributed by atoms with Crippen LogP contribution in [-0.2, 0) is 16.3 Å². The molecule has 3 aromatic rings. The number of thiazole rings is 1. The van der Waals surface area contributed by atoms with Gasteiger partial charge in [-0.3, -0.25) is 0 Å². The van der Waals surface area contributed by atoms with Gasteiger partial charge in [0.15, 0.2) is 38.2 Å². The van der Waals surface area contributed by atoms with Gasteiger partial charge >= 0.3 is 0 Å². The smallest absolute Gasteiger partial charge is 0.200 e. The normalized spacial score (nSPS) is 15.2. The molecule has 0 unspecified atom stereocenters. The number of anilines is 1. The molecule has 0 N–H and O–H groups in total. The topological polar surface area (TPSA) is 50.3 Å². The molecule has 0 saturated carbocycles. The summed E-state index contributed by atoms with van der Waals surface area (Å²) in [4.78, 5) is 4.43. The average Bonchev–Trinajstić information content (AvgIpc) is 3.27. The summed E-state index contributed by atoms with van der Waals surface area (Å²) in [7, 11) is -4.82. The van der Waals surface area contributed by atoms with E-state index in [9.17, 15) is 34.8 Å². The van der Waals surface area contributed by atoms with Gasteiger partial charge in [0.25, 0.3) is 0 Å². The van der Waals surface area contributed by atoms with E-state index in [1.54, 1.807) is 16.3 Å². The van der Waals surface area contributed by atoms with E-state index < -0.39 is 54.9 Å². The Morgan fingerprint density at radius 1 is 0.971 bits per heavy atom. The number of hydrogen-bond donors (Lipinski definition) is 0. The molecule has 34 heavy (non-hydrogen) atoms. The van der Waals surface area contributed by atoms with Crippen molar-refractivity contribution in [1.29, 1.82) is 0 Å². The molecule has 0 radical (unpaired) electrons. The van der Waals surface area contributed by atoms with Gasteiger partial charge < -0.3 is 4.90 Å². The summed E-state index contributed by atoms with van der Waals surface area (Å²) in [5.74, 6) is -12.3. The first-order chi connectivity index (χ1) is 16.0. The van der Waals surface area contributed by atoms with Crippen molar-refractivity contribution < 1.29 is 34.8 Å². The number of hydrogen-bond acceptors (Lipinski definition) is 5. The Bertz CT molecular complexity index is 1330. The van der Waals surface area contributed by atoms with E-state index in [2.05, 4.69) is 4.98 Å². The summed E-state index contributed by atoms with van der Waals surface area (Å²) in [6, 6.07) is 4.41. The minimum Gasteiger partial charge on any atom is -0.348 e. The quantitative estimate of drug-likeness (QED) is 0.181. The molecule has 1 aliphatic rings. The van der Waals surface area contributed by atoms with E-state index in [0.29, 0.717) is 22.8 Å². The van der Waals surface area contributed by atoms with E-state index in [1.807, 2.05) is 0 Å². The predicted molar refractivity (Wildman–Crippen MR) is 115 cm³/mol. The largest absolute Gasteiger partial charge is 0.348 e. The van der Waals surface area contributed by atoms with Crippen molar-refractivity contribution in [1.82, 2.24) is 4.98 Å². The fourth-order valence-corrected chi connectivity index (χ4v) is 6.58. The Morgan fingerprint density at radius 2 is 1.56 bits per heavy atom. The number of aromatic nitrogens is 1. The van der Waals surface area contributed by atoms with Crippen LogP contribution in [0.4, 0.5) is 31.5 Å². The van der Waals surface area contributed by atoms with Crippen LogP contribution in [-0.4, -0.2) is 31.7 Å². The molecule has 2 aromatic carbocycles. The lowest BCUT2D eigenvalue weighted by atomic mass is 10.1. The molecule has 0 amide bonds. The van der Waals surface area contributed by atoms with E-state index in [1.165, 1.54) is 23.5 Å². The van der Waals surface area contributed by atoms with Crippen molar-refractivity contribution in [3.8, 4) is 0 Å². The Balaban J connectivity index is 1.47. The molecule has 0 aliphatic carbocycles. The molecule has 1 saturated heterocycles. The highest BCUT2D eigenvalue weighted by Gasteiger charge is 2.39. The zero-order valence-corrected chi connectivity index (χ0v) is 19.5. The second kappa shape index (κ2) is 9.38. The number of piperidine rings is 1. The lowest BCUT2D eigenvalue weighted by molar-refractivity contribution is 0.356. The minimum absolute atomic E-state index is 0.00594. The van der Waals surface area contributed by atoms with Gasteiger partial charge in [0.1, 0.15) is 10.7 Å². The molecule has 2 heterocycles. The number of sulfone groups is 1. The van der Waals surface area contributed by atoms with Crippen LogP contribution in [0.2, 0.25) is 5.02 Å². The van der Waals surface area contributed by atoms with E-state index in [4.69, 9.17) is 11.6 Å². The van der Waals surface area contributed by atoms with E-state index in [0.717, 1.165) is 0 Å². The van der Waals surface area contributed by atoms with Crippen LogP contribution in [0.3, 0.4) is 0 Å². The zero-order chi connectivity index (χ0) is 24.8. The third-order valence-corrected chi connectivity index (χ3v) is 9.05. The monoisotopic (exact) mass is 540 g/mol. The maximum Gasteiger partial charge on any atom is 0.200 e. The van der Waals surface area contributed by atoms with Gasteiger partial charge in [-0.15, -0.1) is 11.3 Å². The molecular formula is C21H15ClF6N2O2S2. The zero-order valence-electron chi connectivity index (χ0n) is 17.1. The van der Waals surface area contributed by atoms with Crippen molar-refractivity contribution in [2.45, 2.75) is 29.4 Å². The average molecular weight is 541 g/mol. The lowest BCUT2D eigenvalue weighted by Gasteiger charge is -2.31. The first-order valence-corrected chi connectivity index (χ1v) is 12.7. The molecule has 0 bridgehead atoms. The third-order valence-electron chi connectivity index (χ3n) is 5.51. The van der Waals surface area contributed by atoms with Gasteiger partial charge in [-0.05, 0) is 30.5 Å². The second-order valence-electron chi connectivity index (χ2n) is 7.68. The van der Waals surface area contributed by atoms with Gasteiger partial charge in [-0.1, -0.05) is 17.7 Å². The van der Waals surface area contributed by atoms with E-state index in [-0.39, 0.29) is 31.0 Å². The summed E-state index contributed by atoms with van der Waals surface area (Å²) >= 11 is 6.96. The van der Waals surface area contributed by atoms with Crippen LogP contribution in [0, 0.1) is 34.9 Å². The fourth-order valence-electron chi connectivity index (χ4n) is 3.74. The molecule has 4 nitrogen and oxygen atoms in total. The second-order valence-corrected chi connectivity index (χ2v) is 11.1. The highest BCUT2D eigenvalue weighted by molar-refractivity contribution is 7.92. The Hall–Kier alpha value is -2.31. The maximum absolute atomic E-state index is 14.1. The van der Waals surface area contributed by atoms with E-state index >= 15 is 0 Å². The Morgan fingerprint density at radius 3 is 2.15 bits per heavy atom. The number of nitrogens with zero attached hydrogens (tertiary/aromatic N) is 2. The molecule has 1 aromatic heterocycles. The lowest BCUT2D eigenvalue weighted by Crippen LogP contribution is -2.40. The highest BCUT2D eigenvalue weighted by atomic mass is 35.5. The molecule has 1 aliphatic heterocycles. The van der Waals surface area contributed by atoms with Crippen LogP contribution in [0.5, 0.6) is 0 Å². The summed E-state index contributed by atoms with van der Waals surface area (Å²) in [5, 5.41) is 1.01. The SMILES string of the molecule is O=S(=O)(c1c(F)c(F)c(F)c(F)c1F)C1CCN(c2nc(Cc3ccc(Cl)c(F)c3)cs2)CC1. The van der Waals surface area contributed by atoms with Gasteiger partial charge in [0.2, 0.25) is 5.82 Å². The van der Waals surface area contributed by atoms with Gasteiger partial charge in [0.05, 0.1) is 16.0 Å². The van der Waals surface area contributed by atoms with Crippen molar-refractivity contribution in [3.05, 3.63) is 74.8 Å². The summed E-state index contributed by atoms with van der Waals surface area (Å²) in [5.41, 5.74) is 1.31. The van der Waals surface area contributed by atoms with Gasteiger partial charge in [-0.25, -0.2) is 39.7 Å². The Kier molecular flexibility index (Phi) is 6.85. The number of rotatable bonds is 5.